The van der Waals surface area contributed by atoms with Crippen molar-refractivity contribution < 1.29 is 17.6 Å². The van der Waals surface area contributed by atoms with Gasteiger partial charge in [-0.15, -0.1) is 0 Å². The molecule has 1 fully saturated rings. The van der Waals surface area contributed by atoms with E-state index >= 15 is 0 Å². The van der Waals surface area contributed by atoms with Gasteiger partial charge in [-0.3, -0.25) is 0 Å². The summed E-state index contributed by atoms with van der Waals surface area (Å²) in [6.45, 7) is 2.20. The van der Waals surface area contributed by atoms with Gasteiger partial charge >= 0.3 is 0 Å². The summed E-state index contributed by atoms with van der Waals surface area (Å²) in [6.07, 6.45) is 7.85. The molecule has 1 aliphatic rings. The Morgan fingerprint density at radius 1 is 0.812 bits per heavy atom. The predicted molar refractivity (Wildman–Crippen MR) is 120 cm³/mol. The highest BCUT2D eigenvalue weighted by Gasteiger charge is 2.23. The van der Waals surface area contributed by atoms with E-state index in [2.05, 4.69) is 18.8 Å². The van der Waals surface area contributed by atoms with Crippen molar-refractivity contribution in [2.45, 2.75) is 57.8 Å². The normalized spacial score (nSPS) is 18.4. The minimum atomic E-state index is -0.922. The number of rotatable bonds is 4. The SMILES string of the molecule is CCCCC1CCC(c2cc(F)c(C#Cc3ccc4c(F)c(F)ccc4c3)c(F)c2)CC1. The molecule has 0 radical (unpaired) electrons. The van der Waals surface area contributed by atoms with Crippen molar-refractivity contribution in [3.05, 3.63) is 82.4 Å². The molecule has 0 amide bonds. The van der Waals surface area contributed by atoms with Gasteiger partial charge in [0.1, 0.15) is 11.6 Å². The molecule has 0 spiro atoms. The van der Waals surface area contributed by atoms with Crippen LogP contribution < -0.4 is 0 Å². The first-order valence-corrected chi connectivity index (χ1v) is 11.3. The van der Waals surface area contributed by atoms with Gasteiger partial charge in [0.25, 0.3) is 0 Å². The number of halogens is 4. The molecule has 0 aliphatic heterocycles. The van der Waals surface area contributed by atoms with E-state index in [1.54, 1.807) is 6.07 Å². The van der Waals surface area contributed by atoms with Crippen LogP contribution in [0.5, 0.6) is 0 Å². The van der Waals surface area contributed by atoms with Gasteiger partial charge in [0.05, 0.1) is 5.56 Å². The maximum atomic E-state index is 14.7. The Morgan fingerprint density at radius 3 is 2.22 bits per heavy atom. The third-order valence-corrected chi connectivity index (χ3v) is 6.59. The van der Waals surface area contributed by atoms with E-state index in [0.29, 0.717) is 16.5 Å². The second kappa shape index (κ2) is 9.77. The first-order chi connectivity index (χ1) is 15.5. The van der Waals surface area contributed by atoms with Gasteiger partial charge in [0, 0.05) is 10.9 Å². The molecule has 3 aromatic carbocycles. The molecule has 3 aromatic rings. The summed E-state index contributed by atoms with van der Waals surface area (Å²) in [4.78, 5) is 0. The largest absolute Gasteiger partial charge is 0.206 e. The first kappa shape index (κ1) is 22.4. The van der Waals surface area contributed by atoms with Crippen molar-refractivity contribution in [2.24, 2.45) is 5.92 Å². The van der Waals surface area contributed by atoms with Gasteiger partial charge in [-0.2, -0.15) is 0 Å². The third-order valence-electron chi connectivity index (χ3n) is 6.59. The molecule has 0 unspecified atom stereocenters. The molecule has 0 saturated heterocycles. The standard InChI is InChI=1S/C28H26F4/c1-2-3-4-18-5-9-20(10-6-18)22-16-26(30)24(27(31)17-22)13-8-19-7-12-23-21(15-19)11-14-25(29)28(23)32/h7,11-12,14-18,20H,2-6,9-10H2,1H3. The van der Waals surface area contributed by atoms with Crippen LogP contribution in [0.1, 0.15) is 74.5 Å². The molecular formula is C28H26F4. The minimum absolute atomic E-state index is 0.140. The monoisotopic (exact) mass is 438 g/mol. The van der Waals surface area contributed by atoms with Crippen molar-refractivity contribution in [1.82, 2.24) is 0 Å². The molecule has 32 heavy (non-hydrogen) atoms. The smallest absolute Gasteiger partial charge is 0.166 e. The van der Waals surface area contributed by atoms with Gasteiger partial charge in [0.15, 0.2) is 11.6 Å². The Labute approximate surface area is 186 Å². The van der Waals surface area contributed by atoms with E-state index in [1.165, 1.54) is 49.6 Å². The summed E-state index contributed by atoms with van der Waals surface area (Å²) in [5.74, 6) is 3.09. The maximum absolute atomic E-state index is 14.7. The number of fused-ring (bicyclic) bond motifs is 1. The Balaban J connectivity index is 1.52. The zero-order valence-corrected chi connectivity index (χ0v) is 18.2. The topological polar surface area (TPSA) is 0 Å². The van der Waals surface area contributed by atoms with E-state index in [4.69, 9.17) is 0 Å². The summed E-state index contributed by atoms with van der Waals surface area (Å²) in [5, 5.41) is 0.614. The predicted octanol–water partition coefficient (Wildman–Crippen LogP) is 8.26. The molecule has 0 nitrogen and oxygen atoms in total. The molecule has 0 atom stereocenters. The van der Waals surface area contributed by atoms with Crippen LogP contribution >= 0.6 is 0 Å². The van der Waals surface area contributed by atoms with Gasteiger partial charge in [-0.25, -0.2) is 17.6 Å². The highest BCUT2D eigenvalue weighted by Crippen LogP contribution is 2.38. The zero-order valence-electron chi connectivity index (χ0n) is 18.2. The molecule has 166 valence electrons. The Kier molecular flexibility index (Phi) is 6.84. The average molecular weight is 439 g/mol. The van der Waals surface area contributed by atoms with Crippen LogP contribution in [0.2, 0.25) is 0 Å². The quantitative estimate of drug-likeness (QED) is 0.284. The Bertz CT molecular complexity index is 1150. The van der Waals surface area contributed by atoms with Crippen molar-refractivity contribution >= 4 is 10.8 Å². The molecule has 0 heterocycles. The van der Waals surface area contributed by atoms with Crippen LogP contribution in [0.3, 0.4) is 0 Å². The second-order valence-corrected chi connectivity index (χ2v) is 8.77. The van der Waals surface area contributed by atoms with Crippen LogP contribution in [0.4, 0.5) is 17.6 Å². The number of hydrogen-bond donors (Lipinski definition) is 0. The summed E-state index contributed by atoms with van der Waals surface area (Å²) in [6, 6.07) is 9.84. The van der Waals surface area contributed by atoms with Crippen LogP contribution in [0, 0.1) is 41.0 Å². The first-order valence-electron chi connectivity index (χ1n) is 11.3. The van der Waals surface area contributed by atoms with Gasteiger partial charge < -0.3 is 0 Å². The zero-order chi connectivity index (χ0) is 22.7. The summed E-state index contributed by atoms with van der Waals surface area (Å²) >= 11 is 0. The van der Waals surface area contributed by atoms with Crippen LogP contribution in [0.25, 0.3) is 10.8 Å². The lowest BCUT2D eigenvalue weighted by molar-refractivity contribution is 0.303. The molecule has 1 aliphatic carbocycles. The number of benzene rings is 3. The summed E-state index contributed by atoms with van der Waals surface area (Å²) in [5.41, 5.74) is 0.912. The maximum Gasteiger partial charge on any atom is 0.166 e. The minimum Gasteiger partial charge on any atom is -0.206 e. The van der Waals surface area contributed by atoms with Crippen LogP contribution in [-0.2, 0) is 0 Å². The van der Waals surface area contributed by atoms with E-state index in [-0.39, 0.29) is 16.9 Å². The van der Waals surface area contributed by atoms with Crippen molar-refractivity contribution in [2.75, 3.05) is 0 Å². The lowest BCUT2D eigenvalue weighted by Crippen LogP contribution is -2.14. The molecule has 1 saturated carbocycles. The molecule has 4 heteroatoms. The Morgan fingerprint density at radius 2 is 1.53 bits per heavy atom. The highest BCUT2D eigenvalue weighted by atomic mass is 19.2. The molecule has 0 N–H and O–H groups in total. The second-order valence-electron chi connectivity index (χ2n) is 8.77. The lowest BCUT2D eigenvalue weighted by atomic mass is 9.77. The average Bonchev–Trinajstić information content (AvgIpc) is 2.80. The summed E-state index contributed by atoms with van der Waals surface area (Å²) in [7, 11) is 0. The van der Waals surface area contributed by atoms with E-state index in [9.17, 15) is 17.6 Å². The fraction of sp³-hybridized carbons (Fsp3) is 0.357. The van der Waals surface area contributed by atoms with E-state index in [1.807, 2.05) is 0 Å². The van der Waals surface area contributed by atoms with E-state index < -0.39 is 23.3 Å². The number of hydrogen-bond acceptors (Lipinski definition) is 0. The van der Waals surface area contributed by atoms with Crippen LogP contribution in [-0.4, -0.2) is 0 Å². The van der Waals surface area contributed by atoms with Crippen molar-refractivity contribution in [1.29, 1.82) is 0 Å². The van der Waals surface area contributed by atoms with Crippen molar-refractivity contribution in [3.63, 3.8) is 0 Å². The lowest BCUT2D eigenvalue weighted by Gasteiger charge is -2.29. The van der Waals surface area contributed by atoms with E-state index in [0.717, 1.165) is 37.7 Å². The molecule has 0 aromatic heterocycles. The molecule has 4 rings (SSSR count). The molecule has 0 bridgehead atoms. The summed E-state index contributed by atoms with van der Waals surface area (Å²) < 4.78 is 56.7. The Hall–Kier alpha value is -2.80. The third kappa shape index (κ3) is 4.83. The molecular weight excluding hydrogens is 412 g/mol. The fourth-order valence-electron chi connectivity index (χ4n) is 4.70. The van der Waals surface area contributed by atoms with Gasteiger partial charge in [-0.1, -0.05) is 50.2 Å². The van der Waals surface area contributed by atoms with Gasteiger partial charge in [-0.05, 0) is 78.8 Å². The van der Waals surface area contributed by atoms with Crippen LogP contribution in [0.15, 0.2) is 42.5 Å². The van der Waals surface area contributed by atoms with Crippen molar-refractivity contribution in [3.8, 4) is 11.8 Å². The number of unbranched alkanes of at least 4 members (excludes halogenated alkanes) is 1. The fourth-order valence-corrected chi connectivity index (χ4v) is 4.70. The highest BCUT2D eigenvalue weighted by molar-refractivity contribution is 5.84. The van der Waals surface area contributed by atoms with Gasteiger partial charge in [0.2, 0.25) is 0 Å².